The van der Waals surface area contributed by atoms with Crippen molar-refractivity contribution < 1.29 is 23.9 Å². The first-order valence-corrected chi connectivity index (χ1v) is 12.1. The Labute approximate surface area is 210 Å². The van der Waals surface area contributed by atoms with E-state index >= 15 is 0 Å². The van der Waals surface area contributed by atoms with Crippen molar-refractivity contribution in [1.82, 2.24) is 15.4 Å². The molecule has 1 aromatic heterocycles. The van der Waals surface area contributed by atoms with Gasteiger partial charge in [-0.25, -0.2) is 20.1 Å². The number of hydroxylamine groups is 1. The van der Waals surface area contributed by atoms with Gasteiger partial charge in [-0.3, -0.25) is 10.1 Å². The summed E-state index contributed by atoms with van der Waals surface area (Å²) < 4.78 is 10.7. The molecule has 1 atom stereocenters. The lowest BCUT2D eigenvalue weighted by Gasteiger charge is -2.21. The summed E-state index contributed by atoms with van der Waals surface area (Å²) in [5.74, 6) is 0.472. The number of hydrogen-bond acceptors (Lipinski definition) is 6. The fourth-order valence-corrected chi connectivity index (χ4v) is 3.72. The minimum absolute atomic E-state index is 0.337. The standard InChI is InChI=1S/C27H32N4O5/c1-27(2,3)35-26(33)28-20-12-13-21-22(17-20)30-23(29-21)16-19-9-7-18(8-10-19)11-14-24(32)31-36-25-6-4-5-15-34-25/h7-14,17,25H,4-6,15-16H2,1-3H3,(H,28,33)(H,29,30)(H,31,32). The zero-order chi connectivity index (χ0) is 25.5. The van der Waals surface area contributed by atoms with Gasteiger partial charge in [0.15, 0.2) is 6.29 Å². The number of anilines is 1. The Morgan fingerprint density at radius 2 is 1.97 bits per heavy atom. The Kier molecular flexibility index (Phi) is 8.02. The second kappa shape index (κ2) is 11.4. The molecule has 1 unspecified atom stereocenters. The third kappa shape index (κ3) is 7.66. The van der Waals surface area contributed by atoms with E-state index in [0.717, 1.165) is 47.2 Å². The zero-order valence-electron chi connectivity index (χ0n) is 20.8. The van der Waals surface area contributed by atoms with Crippen LogP contribution in [0.4, 0.5) is 10.5 Å². The summed E-state index contributed by atoms with van der Waals surface area (Å²) in [6, 6.07) is 13.3. The predicted molar refractivity (Wildman–Crippen MR) is 137 cm³/mol. The Balaban J connectivity index is 1.30. The van der Waals surface area contributed by atoms with Crippen molar-refractivity contribution in [2.24, 2.45) is 0 Å². The van der Waals surface area contributed by atoms with Crippen molar-refractivity contribution in [3.8, 4) is 0 Å². The molecule has 0 bridgehead atoms. The summed E-state index contributed by atoms with van der Waals surface area (Å²) in [4.78, 5) is 37.2. The average Bonchev–Trinajstić information content (AvgIpc) is 3.23. The summed E-state index contributed by atoms with van der Waals surface area (Å²) in [5, 5.41) is 2.74. The highest BCUT2D eigenvalue weighted by Crippen LogP contribution is 2.20. The molecule has 2 aromatic carbocycles. The second-order valence-electron chi connectivity index (χ2n) is 9.67. The first-order valence-electron chi connectivity index (χ1n) is 12.1. The van der Waals surface area contributed by atoms with Gasteiger partial charge in [0.1, 0.15) is 11.4 Å². The molecule has 9 heteroatoms. The van der Waals surface area contributed by atoms with Crippen LogP contribution >= 0.6 is 0 Å². The largest absolute Gasteiger partial charge is 0.444 e. The molecule has 2 heterocycles. The van der Waals surface area contributed by atoms with Crippen LogP contribution in [-0.4, -0.2) is 40.5 Å². The molecule has 1 saturated heterocycles. The Bertz CT molecular complexity index is 1220. The number of hydrogen-bond donors (Lipinski definition) is 3. The summed E-state index contributed by atoms with van der Waals surface area (Å²) in [5.41, 5.74) is 6.07. The molecule has 1 fully saturated rings. The molecule has 0 spiro atoms. The van der Waals surface area contributed by atoms with E-state index in [1.807, 2.05) is 57.2 Å². The molecule has 0 saturated carbocycles. The number of benzene rings is 2. The van der Waals surface area contributed by atoms with Gasteiger partial charge in [0.25, 0.3) is 5.91 Å². The summed E-state index contributed by atoms with van der Waals surface area (Å²) in [6.07, 6.45) is 5.73. The quantitative estimate of drug-likeness (QED) is 0.313. The maximum atomic E-state index is 12.0. The van der Waals surface area contributed by atoms with Gasteiger partial charge in [0.05, 0.1) is 11.0 Å². The van der Waals surface area contributed by atoms with Crippen LogP contribution in [0.2, 0.25) is 0 Å². The van der Waals surface area contributed by atoms with Crippen molar-refractivity contribution in [3.63, 3.8) is 0 Å². The zero-order valence-corrected chi connectivity index (χ0v) is 20.8. The van der Waals surface area contributed by atoms with Gasteiger partial charge in [-0.15, -0.1) is 0 Å². The molecule has 9 nitrogen and oxygen atoms in total. The average molecular weight is 493 g/mol. The van der Waals surface area contributed by atoms with Crippen LogP contribution in [0.5, 0.6) is 0 Å². The van der Waals surface area contributed by atoms with Crippen molar-refractivity contribution in [2.45, 2.75) is 58.3 Å². The van der Waals surface area contributed by atoms with Crippen molar-refractivity contribution >= 4 is 34.8 Å². The van der Waals surface area contributed by atoms with Gasteiger partial charge in [-0.2, -0.15) is 0 Å². The molecule has 3 N–H and O–H groups in total. The van der Waals surface area contributed by atoms with Crippen LogP contribution in [0.3, 0.4) is 0 Å². The van der Waals surface area contributed by atoms with Crippen molar-refractivity contribution in [2.75, 3.05) is 11.9 Å². The third-order valence-corrected chi connectivity index (χ3v) is 5.38. The van der Waals surface area contributed by atoms with Crippen LogP contribution in [0.15, 0.2) is 48.5 Å². The summed E-state index contributed by atoms with van der Waals surface area (Å²) >= 11 is 0. The van der Waals surface area contributed by atoms with E-state index in [1.54, 1.807) is 12.1 Å². The van der Waals surface area contributed by atoms with Gasteiger partial charge in [-0.1, -0.05) is 24.3 Å². The van der Waals surface area contributed by atoms with Crippen LogP contribution < -0.4 is 10.8 Å². The van der Waals surface area contributed by atoms with E-state index in [1.165, 1.54) is 6.08 Å². The van der Waals surface area contributed by atoms with E-state index < -0.39 is 11.7 Å². The fourth-order valence-electron chi connectivity index (χ4n) is 3.72. The highest BCUT2D eigenvalue weighted by molar-refractivity contribution is 5.91. The monoisotopic (exact) mass is 492 g/mol. The normalized spacial score (nSPS) is 16.2. The molecule has 2 amide bonds. The number of nitrogens with zero attached hydrogens (tertiary/aromatic N) is 1. The lowest BCUT2D eigenvalue weighted by atomic mass is 10.1. The lowest BCUT2D eigenvalue weighted by molar-refractivity contribution is -0.198. The SMILES string of the molecule is CC(C)(C)OC(=O)Nc1ccc2nc(Cc3ccc(C=CC(=O)NOC4CCCCO4)cc3)[nH]c2c1. The molecule has 1 aliphatic heterocycles. The minimum atomic E-state index is -0.564. The number of nitrogens with one attached hydrogen (secondary N) is 3. The van der Waals surface area contributed by atoms with E-state index in [0.29, 0.717) is 18.7 Å². The van der Waals surface area contributed by atoms with E-state index in [4.69, 9.17) is 14.3 Å². The van der Waals surface area contributed by atoms with Crippen LogP contribution in [0.25, 0.3) is 17.1 Å². The lowest BCUT2D eigenvalue weighted by Crippen LogP contribution is -2.32. The molecule has 0 aliphatic carbocycles. The van der Waals surface area contributed by atoms with Gasteiger partial charge in [0.2, 0.25) is 0 Å². The topological polar surface area (TPSA) is 115 Å². The molecular weight excluding hydrogens is 460 g/mol. The summed E-state index contributed by atoms with van der Waals surface area (Å²) in [6.45, 7) is 6.11. The molecule has 4 rings (SSSR count). The highest BCUT2D eigenvalue weighted by atomic mass is 16.8. The second-order valence-corrected chi connectivity index (χ2v) is 9.67. The van der Waals surface area contributed by atoms with Gasteiger partial charge in [0, 0.05) is 31.2 Å². The van der Waals surface area contributed by atoms with E-state index in [9.17, 15) is 9.59 Å². The predicted octanol–water partition coefficient (Wildman–Crippen LogP) is 5.09. The summed E-state index contributed by atoms with van der Waals surface area (Å²) in [7, 11) is 0. The van der Waals surface area contributed by atoms with E-state index in [-0.39, 0.29) is 12.2 Å². The first kappa shape index (κ1) is 25.4. The Hall–Kier alpha value is -3.69. The van der Waals surface area contributed by atoms with Gasteiger partial charge >= 0.3 is 6.09 Å². The van der Waals surface area contributed by atoms with Crippen molar-refractivity contribution in [1.29, 1.82) is 0 Å². The highest BCUT2D eigenvalue weighted by Gasteiger charge is 2.17. The molecule has 36 heavy (non-hydrogen) atoms. The Morgan fingerprint density at radius 3 is 2.69 bits per heavy atom. The molecule has 3 aromatic rings. The first-order chi connectivity index (χ1) is 17.2. The third-order valence-electron chi connectivity index (χ3n) is 5.38. The van der Waals surface area contributed by atoms with Gasteiger partial charge < -0.3 is 14.5 Å². The maximum absolute atomic E-state index is 12.0. The van der Waals surface area contributed by atoms with Crippen molar-refractivity contribution in [3.05, 3.63) is 65.5 Å². The minimum Gasteiger partial charge on any atom is -0.444 e. The maximum Gasteiger partial charge on any atom is 0.412 e. The Morgan fingerprint density at radius 1 is 1.17 bits per heavy atom. The number of aromatic nitrogens is 2. The number of carbonyl (C=O) groups excluding carboxylic acids is 2. The van der Waals surface area contributed by atoms with Crippen LogP contribution in [0, 0.1) is 0 Å². The molecule has 1 aliphatic rings. The molecule has 190 valence electrons. The fraction of sp³-hybridized carbons (Fsp3) is 0.370. The number of H-pyrrole nitrogens is 1. The number of imidazole rings is 1. The number of carbonyl (C=O) groups is 2. The van der Waals surface area contributed by atoms with E-state index in [2.05, 4.69) is 20.8 Å². The molecule has 0 radical (unpaired) electrons. The number of rotatable bonds is 7. The van der Waals surface area contributed by atoms with Crippen LogP contribution in [0.1, 0.15) is 57.0 Å². The number of aromatic amines is 1. The number of fused-ring (bicyclic) bond motifs is 1. The number of amides is 2. The smallest absolute Gasteiger partial charge is 0.412 e. The molecular formula is C27H32N4O5. The number of ether oxygens (including phenoxy) is 2. The van der Waals surface area contributed by atoms with Crippen LogP contribution in [-0.2, 0) is 25.5 Å². The van der Waals surface area contributed by atoms with Gasteiger partial charge in [-0.05, 0) is 69.0 Å².